The number of fused-ring (bicyclic) bond motifs is 1. The summed E-state index contributed by atoms with van der Waals surface area (Å²) in [5, 5.41) is 13.4. The van der Waals surface area contributed by atoms with Crippen molar-refractivity contribution in [2.45, 2.75) is 38.2 Å². The lowest BCUT2D eigenvalue weighted by atomic mass is 9.76. The number of anilines is 1. The Hall–Kier alpha value is -1.46. The molecule has 2 rings (SSSR count). The van der Waals surface area contributed by atoms with E-state index in [9.17, 15) is 5.11 Å². The molecule has 0 aromatic heterocycles. The normalized spacial score (nSPS) is 16.6. The van der Waals surface area contributed by atoms with Crippen LogP contribution in [0.5, 0.6) is 0 Å². The molecule has 1 atom stereocenters. The minimum absolute atomic E-state index is 0.404. The molecular formula is C15H19NO. The average molecular weight is 229 g/mol. The zero-order valence-corrected chi connectivity index (χ0v) is 10.5. The maximum atomic E-state index is 9.98. The van der Waals surface area contributed by atoms with Crippen LogP contribution in [0, 0.1) is 12.3 Å². The Balaban J connectivity index is 2.49. The van der Waals surface area contributed by atoms with E-state index in [0.29, 0.717) is 0 Å². The zero-order chi connectivity index (χ0) is 12.5. The van der Waals surface area contributed by atoms with Crippen molar-refractivity contribution in [2.75, 3.05) is 11.9 Å². The third kappa shape index (κ3) is 2.03. The highest BCUT2D eigenvalue weighted by molar-refractivity contribution is 5.58. The minimum atomic E-state index is -0.754. The molecule has 2 nitrogen and oxygen atoms in total. The van der Waals surface area contributed by atoms with Crippen LogP contribution in [-0.4, -0.2) is 17.8 Å². The summed E-state index contributed by atoms with van der Waals surface area (Å²) in [7, 11) is 0. The topological polar surface area (TPSA) is 32.3 Å². The summed E-state index contributed by atoms with van der Waals surface area (Å²) >= 11 is 0. The Bertz CT molecular complexity index is 456. The number of aliphatic hydroxyl groups excluding tert-OH is 1. The Labute approximate surface area is 103 Å². The smallest absolute Gasteiger partial charge is 0.123 e. The molecule has 1 aliphatic rings. The van der Waals surface area contributed by atoms with Gasteiger partial charge in [-0.2, -0.15) is 0 Å². The molecule has 0 saturated carbocycles. The van der Waals surface area contributed by atoms with Crippen LogP contribution in [0.15, 0.2) is 18.2 Å². The second-order valence-corrected chi connectivity index (χ2v) is 5.15. The summed E-state index contributed by atoms with van der Waals surface area (Å²) in [6.07, 6.45) is 6.79. The van der Waals surface area contributed by atoms with Crippen molar-refractivity contribution < 1.29 is 5.11 Å². The maximum absolute atomic E-state index is 9.98. The predicted molar refractivity (Wildman–Crippen MR) is 71.1 cm³/mol. The van der Waals surface area contributed by atoms with Gasteiger partial charge in [0.1, 0.15) is 6.10 Å². The third-order valence-corrected chi connectivity index (χ3v) is 3.63. The van der Waals surface area contributed by atoms with Crippen molar-refractivity contribution in [2.24, 2.45) is 0 Å². The summed E-state index contributed by atoms with van der Waals surface area (Å²) in [4.78, 5) is 0. The van der Waals surface area contributed by atoms with Crippen molar-refractivity contribution in [1.82, 2.24) is 0 Å². The van der Waals surface area contributed by atoms with Crippen LogP contribution in [-0.2, 0) is 11.8 Å². The Morgan fingerprint density at radius 2 is 2.24 bits per heavy atom. The van der Waals surface area contributed by atoms with Crippen molar-refractivity contribution in [1.29, 1.82) is 0 Å². The van der Waals surface area contributed by atoms with E-state index in [4.69, 9.17) is 6.42 Å². The van der Waals surface area contributed by atoms with Crippen LogP contribution in [0.25, 0.3) is 0 Å². The highest BCUT2D eigenvalue weighted by atomic mass is 16.3. The zero-order valence-electron chi connectivity index (χ0n) is 10.5. The lowest BCUT2D eigenvalue weighted by Gasteiger charge is -2.32. The van der Waals surface area contributed by atoms with Gasteiger partial charge in [0, 0.05) is 17.6 Å². The molecule has 90 valence electrons. The summed E-state index contributed by atoms with van der Waals surface area (Å²) in [6, 6.07) is 6.19. The molecule has 2 N–H and O–H groups in total. The van der Waals surface area contributed by atoms with Gasteiger partial charge in [-0.3, -0.25) is 0 Å². The fourth-order valence-corrected chi connectivity index (χ4v) is 2.47. The third-order valence-electron chi connectivity index (χ3n) is 3.63. The van der Waals surface area contributed by atoms with E-state index >= 15 is 0 Å². The fourth-order valence-electron chi connectivity index (χ4n) is 2.47. The van der Waals surface area contributed by atoms with Gasteiger partial charge in [-0.1, -0.05) is 31.9 Å². The molecule has 1 unspecified atom stereocenters. The molecule has 1 aliphatic heterocycles. The summed E-state index contributed by atoms with van der Waals surface area (Å²) < 4.78 is 0. The molecule has 0 amide bonds. The van der Waals surface area contributed by atoms with Gasteiger partial charge in [0.25, 0.3) is 0 Å². The predicted octanol–water partition coefficient (Wildman–Crippen LogP) is 2.32. The molecule has 0 fully saturated rings. The quantitative estimate of drug-likeness (QED) is 0.763. The van der Waals surface area contributed by atoms with E-state index in [1.54, 1.807) is 0 Å². The van der Waals surface area contributed by atoms with E-state index in [2.05, 4.69) is 23.4 Å². The molecule has 0 aliphatic carbocycles. The SMILES string of the molecule is C#CC(O)C(C)(C)c1cccc2c1CCCN2. The summed E-state index contributed by atoms with van der Waals surface area (Å²) in [5.41, 5.74) is 3.25. The van der Waals surface area contributed by atoms with Gasteiger partial charge in [0.05, 0.1) is 0 Å². The van der Waals surface area contributed by atoms with Gasteiger partial charge in [-0.15, -0.1) is 6.42 Å². The van der Waals surface area contributed by atoms with E-state index in [1.165, 1.54) is 11.3 Å². The fraction of sp³-hybridized carbons (Fsp3) is 0.467. The first-order chi connectivity index (χ1) is 8.07. The van der Waals surface area contributed by atoms with E-state index in [0.717, 1.165) is 24.9 Å². The van der Waals surface area contributed by atoms with Gasteiger partial charge < -0.3 is 10.4 Å². The second kappa shape index (κ2) is 4.43. The van der Waals surface area contributed by atoms with E-state index in [1.807, 2.05) is 19.9 Å². The summed E-state index contributed by atoms with van der Waals surface area (Å²) in [6.45, 7) is 5.03. The lowest BCUT2D eigenvalue weighted by molar-refractivity contribution is 0.153. The largest absolute Gasteiger partial charge is 0.385 e. The Morgan fingerprint density at radius 3 is 2.94 bits per heavy atom. The minimum Gasteiger partial charge on any atom is -0.385 e. The van der Waals surface area contributed by atoms with Gasteiger partial charge in [-0.25, -0.2) is 0 Å². The van der Waals surface area contributed by atoms with Crippen molar-refractivity contribution in [3.8, 4) is 12.3 Å². The Morgan fingerprint density at radius 1 is 1.47 bits per heavy atom. The number of rotatable bonds is 2. The first-order valence-corrected chi connectivity index (χ1v) is 6.08. The van der Waals surface area contributed by atoms with Crippen LogP contribution < -0.4 is 5.32 Å². The number of nitrogens with one attached hydrogen (secondary N) is 1. The number of hydrogen-bond donors (Lipinski definition) is 2. The van der Waals surface area contributed by atoms with Crippen LogP contribution in [0.4, 0.5) is 5.69 Å². The molecule has 2 heteroatoms. The second-order valence-electron chi connectivity index (χ2n) is 5.15. The molecule has 1 heterocycles. The van der Waals surface area contributed by atoms with Crippen LogP contribution in [0.2, 0.25) is 0 Å². The number of terminal acetylenes is 1. The van der Waals surface area contributed by atoms with Crippen LogP contribution in [0.3, 0.4) is 0 Å². The monoisotopic (exact) mass is 229 g/mol. The Kier molecular flexibility index (Phi) is 3.13. The van der Waals surface area contributed by atoms with Crippen molar-refractivity contribution >= 4 is 5.69 Å². The molecule has 17 heavy (non-hydrogen) atoms. The number of benzene rings is 1. The highest BCUT2D eigenvalue weighted by Gasteiger charge is 2.31. The van der Waals surface area contributed by atoms with E-state index in [-0.39, 0.29) is 0 Å². The van der Waals surface area contributed by atoms with Crippen molar-refractivity contribution in [3.63, 3.8) is 0 Å². The van der Waals surface area contributed by atoms with E-state index < -0.39 is 11.5 Å². The molecule has 0 radical (unpaired) electrons. The molecule has 1 aromatic carbocycles. The molecular weight excluding hydrogens is 210 g/mol. The lowest BCUT2D eigenvalue weighted by Crippen LogP contribution is -2.34. The van der Waals surface area contributed by atoms with Crippen LogP contribution >= 0.6 is 0 Å². The van der Waals surface area contributed by atoms with Crippen LogP contribution in [0.1, 0.15) is 31.4 Å². The number of hydrogen-bond acceptors (Lipinski definition) is 2. The molecule has 0 bridgehead atoms. The highest BCUT2D eigenvalue weighted by Crippen LogP contribution is 2.35. The molecule has 1 aromatic rings. The summed E-state index contributed by atoms with van der Waals surface area (Å²) in [5.74, 6) is 2.45. The van der Waals surface area contributed by atoms with Gasteiger partial charge in [0.2, 0.25) is 0 Å². The molecule has 0 spiro atoms. The van der Waals surface area contributed by atoms with Gasteiger partial charge in [-0.05, 0) is 30.0 Å². The van der Waals surface area contributed by atoms with Gasteiger partial charge in [0.15, 0.2) is 0 Å². The van der Waals surface area contributed by atoms with Gasteiger partial charge >= 0.3 is 0 Å². The standard InChI is InChI=1S/C15H19NO/c1-4-14(17)15(2,3)12-8-5-9-13-11(12)7-6-10-16-13/h1,5,8-9,14,16-17H,6-7,10H2,2-3H3. The average Bonchev–Trinajstić information content (AvgIpc) is 2.37. The van der Waals surface area contributed by atoms with Crippen molar-refractivity contribution in [3.05, 3.63) is 29.3 Å². The maximum Gasteiger partial charge on any atom is 0.123 e. The first kappa shape index (κ1) is 12.0. The number of aliphatic hydroxyl groups is 1. The first-order valence-electron chi connectivity index (χ1n) is 6.08. The molecule has 0 saturated heterocycles.